The molecule has 6 nitrogen and oxygen atoms in total. The highest BCUT2D eigenvalue weighted by Crippen LogP contribution is 2.03. The van der Waals surface area contributed by atoms with Crippen LogP contribution in [0.25, 0.3) is 0 Å². The highest BCUT2D eigenvalue weighted by atomic mass is 16.5. The topological polar surface area (TPSA) is 79.9 Å². The zero-order valence-electron chi connectivity index (χ0n) is 9.69. The third-order valence-corrected chi connectivity index (χ3v) is 2.04. The first kappa shape index (κ1) is 12.6. The second-order valence-corrected chi connectivity index (χ2v) is 3.52. The third-order valence-electron chi connectivity index (χ3n) is 2.04. The van der Waals surface area contributed by atoms with Gasteiger partial charge in [-0.05, 0) is 13.3 Å². The van der Waals surface area contributed by atoms with Crippen molar-refractivity contribution in [3.8, 4) is 0 Å². The molecule has 0 aliphatic carbocycles. The lowest BCUT2D eigenvalue weighted by Gasteiger charge is -2.10. The summed E-state index contributed by atoms with van der Waals surface area (Å²) in [5.41, 5.74) is 0. The molecule has 6 heteroatoms. The van der Waals surface area contributed by atoms with Gasteiger partial charge in [0.1, 0.15) is 12.2 Å². The Morgan fingerprint density at radius 3 is 3.06 bits per heavy atom. The van der Waals surface area contributed by atoms with Crippen LogP contribution in [0.1, 0.15) is 38.6 Å². The van der Waals surface area contributed by atoms with E-state index >= 15 is 0 Å². The third kappa shape index (κ3) is 4.39. The van der Waals surface area contributed by atoms with Crippen molar-refractivity contribution >= 4 is 5.91 Å². The summed E-state index contributed by atoms with van der Waals surface area (Å²) >= 11 is 0. The van der Waals surface area contributed by atoms with Crippen molar-refractivity contribution in [3.63, 3.8) is 0 Å². The molecule has 16 heavy (non-hydrogen) atoms. The molecule has 0 saturated carbocycles. The van der Waals surface area contributed by atoms with Crippen LogP contribution in [0.2, 0.25) is 0 Å². The molecular formula is C10H18N4O2. The molecule has 1 aromatic heterocycles. The molecule has 1 unspecified atom stereocenters. The molecule has 1 aromatic rings. The van der Waals surface area contributed by atoms with Crippen molar-refractivity contribution in [3.05, 3.63) is 12.2 Å². The monoisotopic (exact) mass is 226 g/mol. The largest absolute Gasteiger partial charge is 0.381 e. The molecule has 0 radical (unpaired) electrons. The van der Waals surface area contributed by atoms with Gasteiger partial charge >= 0.3 is 0 Å². The van der Waals surface area contributed by atoms with Gasteiger partial charge in [0.15, 0.2) is 0 Å². The standard InChI is InChI=1S/C10H18N4O2/c1-3-5-16-6-4-9(15)13-8(2)10-11-7-12-14-10/h7-8H,3-6H2,1-2H3,(H,13,15)(H,11,12,14). The number of aromatic nitrogens is 3. The van der Waals surface area contributed by atoms with Gasteiger partial charge in [-0.2, -0.15) is 5.10 Å². The average Bonchev–Trinajstić information content (AvgIpc) is 2.77. The van der Waals surface area contributed by atoms with Crippen molar-refractivity contribution in [2.45, 2.75) is 32.7 Å². The summed E-state index contributed by atoms with van der Waals surface area (Å²) < 4.78 is 5.23. The van der Waals surface area contributed by atoms with E-state index < -0.39 is 0 Å². The fourth-order valence-electron chi connectivity index (χ4n) is 1.22. The number of carbonyl (C=O) groups is 1. The molecule has 0 aliphatic heterocycles. The molecule has 0 bridgehead atoms. The maximum absolute atomic E-state index is 11.5. The van der Waals surface area contributed by atoms with Crippen molar-refractivity contribution in [1.29, 1.82) is 0 Å². The first-order chi connectivity index (χ1) is 7.74. The maximum Gasteiger partial charge on any atom is 0.222 e. The fraction of sp³-hybridized carbons (Fsp3) is 0.700. The molecule has 1 amide bonds. The maximum atomic E-state index is 11.5. The quantitative estimate of drug-likeness (QED) is 0.674. The number of H-pyrrole nitrogens is 1. The van der Waals surface area contributed by atoms with E-state index in [1.807, 2.05) is 13.8 Å². The van der Waals surface area contributed by atoms with Crippen LogP contribution in [0.4, 0.5) is 0 Å². The van der Waals surface area contributed by atoms with Gasteiger partial charge in [-0.15, -0.1) is 0 Å². The van der Waals surface area contributed by atoms with E-state index in [4.69, 9.17) is 4.74 Å². The lowest BCUT2D eigenvalue weighted by molar-refractivity contribution is -0.122. The summed E-state index contributed by atoms with van der Waals surface area (Å²) in [6, 6.07) is -0.152. The number of hydrogen-bond acceptors (Lipinski definition) is 4. The van der Waals surface area contributed by atoms with Crippen LogP contribution in [0.5, 0.6) is 0 Å². The van der Waals surface area contributed by atoms with Crippen LogP contribution < -0.4 is 5.32 Å². The minimum Gasteiger partial charge on any atom is -0.381 e. The summed E-state index contributed by atoms with van der Waals surface area (Å²) in [6.45, 7) is 5.05. The van der Waals surface area contributed by atoms with E-state index in [1.54, 1.807) is 0 Å². The summed E-state index contributed by atoms with van der Waals surface area (Å²) in [6.07, 6.45) is 2.76. The number of ether oxygens (including phenoxy) is 1. The number of nitrogens with one attached hydrogen (secondary N) is 2. The van der Waals surface area contributed by atoms with Gasteiger partial charge in [0.2, 0.25) is 5.91 Å². The molecule has 90 valence electrons. The Morgan fingerprint density at radius 1 is 1.62 bits per heavy atom. The molecule has 2 N–H and O–H groups in total. The van der Waals surface area contributed by atoms with Gasteiger partial charge in [-0.3, -0.25) is 9.89 Å². The number of carbonyl (C=O) groups excluding carboxylic acids is 1. The highest BCUT2D eigenvalue weighted by Gasteiger charge is 2.11. The Labute approximate surface area is 94.8 Å². The van der Waals surface area contributed by atoms with Gasteiger partial charge in [0, 0.05) is 13.0 Å². The van der Waals surface area contributed by atoms with Crippen molar-refractivity contribution in [2.75, 3.05) is 13.2 Å². The van der Waals surface area contributed by atoms with Gasteiger partial charge in [0.05, 0.1) is 12.6 Å². The summed E-state index contributed by atoms with van der Waals surface area (Å²) in [5, 5.41) is 9.24. The van der Waals surface area contributed by atoms with Crippen molar-refractivity contribution in [2.24, 2.45) is 0 Å². The molecule has 0 fully saturated rings. The Bertz CT molecular complexity index is 300. The van der Waals surface area contributed by atoms with Gasteiger partial charge in [-0.1, -0.05) is 6.92 Å². The Hall–Kier alpha value is -1.43. The molecule has 0 aromatic carbocycles. The normalized spacial score (nSPS) is 12.4. The van der Waals surface area contributed by atoms with Crippen molar-refractivity contribution in [1.82, 2.24) is 20.5 Å². The molecule has 1 rings (SSSR count). The number of nitrogens with zero attached hydrogens (tertiary/aromatic N) is 2. The zero-order chi connectivity index (χ0) is 11.8. The summed E-state index contributed by atoms with van der Waals surface area (Å²) in [5.74, 6) is 0.614. The molecule has 0 spiro atoms. The van der Waals surface area contributed by atoms with E-state index in [0.717, 1.165) is 6.42 Å². The first-order valence-electron chi connectivity index (χ1n) is 5.46. The molecule has 0 saturated heterocycles. The molecule has 0 aliphatic rings. The lowest BCUT2D eigenvalue weighted by atomic mass is 10.3. The van der Waals surface area contributed by atoms with Crippen LogP contribution in [0.3, 0.4) is 0 Å². The zero-order valence-corrected chi connectivity index (χ0v) is 9.69. The predicted octanol–water partition coefficient (Wildman–Crippen LogP) is 0.799. The van der Waals surface area contributed by atoms with E-state index in [1.165, 1.54) is 6.33 Å². The summed E-state index contributed by atoms with van der Waals surface area (Å²) in [7, 11) is 0. The minimum absolute atomic E-state index is 0.0417. The Balaban J connectivity index is 2.19. The van der Waals surface area contributed by atoms with E-state index in [2.05, 4.69) is 20.5 Å². The average molecular weight is 226 g/mol. The van der Waals surface area contributed by atoms with Crippen LogP contribution >= 0.6 is 0 Å². The summed E-state index contributed by atoms with van der Waals surface area (Å²) in [4.78, 5) is 15.4. The van der Waals surface area contributed by atoms with E-state index in [-0.39, 0.29) is 11.9 Å². The van der Waals surface area contributed by atoms with Crippen LogP contribution in [-0.2, 0) is 9.53 Å². The first-order valence-corrected chi connectivity index (χ1v) is 5.46. The smallest absolute Gasteiger partial charge is 0.222 e. The number of rotatable bonds is 7. The SMILES string of the molecule is CCCOCCC(=O)NC(C)c1ncn[nH]1. The van der Waals surface area contributed by atoms with E-state index in [0.29, 0.717) is 25.5 Å². The lowest BCUT2D eigenvalue weighted by Crippen LogP contribution is -2.28. The van der Waals surface area contributed by atoms with Crippen molar-refractivity contribution < 1.29 is 9.53 Å². The van der Waals surface area contributed by atoms with Gasteiger partial charge in [-0.25, -0.2) is 4.98 Å². The predicted molar refractivity (Wildman–Crippen MR) is 58.7 cm³/mol. The molecular weight excluding hydrogens is 208 g/mol. The number of aromatic amines is 1. The molecule has 1 heterocycles. The van der Waals surface area contributed by atoms with E-state index in [9.17, 15) is 4.79 Å². The number of amides is 1. The number of hydrogen-bond donors (Lipinski definition) is 2. The Kier molecular flexibility index (Phi) is 5.49. The van der Waals surface area contributed by atoms with Crippen LogP contribution in [0, 0.1) is 0 Å². The van der Waals surface area contributed by atoms with Crippen LogP contribution in [-0.4, -0.2) is 34.3 Å². The van der Waals surface area contributed by atoms with Gasteiger partial charge in [0.25, 0.3) is 0 Å². The van der Waals surface area contributed by atoms with Crippen LogP contribution in [0.15, 0.2) is 6.33 Å². The fourth-order valence-corrected chi connectivity index (χ4v) is 1.22. The van der Waals surface area contributed by atoms with Gasteiger partial charge < -0.3 is 10.1 Å². The Morgan fingerprint density at radius 2 is 2.44 bits per heavy atom. The highest BCUT2D eigenvalue weighted by molar-refractivity contribution is 5.76. The second-order valence-electron chi connectivity index (χ2n) is 3.52. The second kappa shape index (κ2) is 6.95. The molecule has 1 atom stereocenters. The minimum atomic E-state index is -0.152.